The summed E-state index contributed by atoms with van der Waals surface area (Å²) in [7, 11) is 0. The Hall–Kier alpha value is -3.17. The number of nitrogens with one attached hydrogen (secondary N) is 1. The second-order valence-corrected chi connectivity index (χ2v) is 8.62. The van der Waals surface area contributed by atoms with Crippen LogP contribution in [0.25, 0.3) is 0 Å². The molecular formula is C21H25FN6O3. The standard InChI is InChI=1S/C21H25FN6O3/c1-13(29)23-9-18-12-27(21(30)31-18)16-2-3-20(19(22)8-16)26-10-14-6-17(7-15(14)11-26)28-5-4-24-25-28/h2-5,8,14-15,17-18H,6-7,9-12H2,1H3,(H,23,29)/t14-,15+,17?,18-/m0/s1. The number of fused-ring (bicyclic) bond motifs is 1. The summed E-state index contributed by atoms with van der Waals surface area (Å²) >= 11 is 0. The molecule has 3 fully saturated rings. The Kier molecular flexibility index (Phi) is 4.99. The molecule has 3 heterocycles. The molecule has 5 rings (SSSR count). The highest BCUT2D eigenvalue weighted by atomic mass is 19.1. The molecule has 9 nitrogen and oxygen atoms in total. The van der Waals surface area contributed by atoms with Crippen molar-refractivity contribution in [2.75, 3.05) is 36.0 Å². The van der Waals surface area contributed by atoms with Gasteiger partial charge in [-0.3, -0.25) is 9.69 Å². The van der Waals surface area contributed by atoms with Crippen molar-refractivity contribution in [2.45, 2.75) is 31.9 Å². The third-order valence-electron chi connectivity index (χ3n) is 6.58. The number of ether oxygens (including phenoxy) is 1. The van der Waals surface area contributed by atoms with Gasteiger partial charge in [-0.2, -0.15) is 0 Å². The molecule has 1 aromatic carbocycles. The van der Waals surface area contributed by atoms with E-state index in [4.69, 9.17) is 4.74 Å². The molecule has 4 atom stereocenters. The van der Waals surface area contributed by atoms with Crippen LogP contribution in [-0.4, -0.2) is 59.3 Å². The number of rotatable bonds is 5. The van der Waals surface area contributed by atoms with Gasteiger partial charge in [-0.1, -0.05) is 5.21 Å². The molecule has 0 spiro atoms. The zero-order valence-corrected chi connectivity index (χ0v) is 17.3. The van der Waals surface area contributed by atoms with Crippen molar-refractivity contribution < 1.29 is 18.7 Å². The molecule has 0 bridgehead atoms. The third kappa shape index (κ3) is 3.82. The molecule has 1 N–H and O–H groups in total. The number of cyclic esters (lactones) is 1. The minimum atomic E-state index is -0.530. The first-order valence-electron chi connectivity index (χ1n) is 10.6. The number of amides is 2. The van der Waals surface area contributed by atoms with Gasteiger partial charge >= 0.3 is 6.09 Å². The molecule has 164 valence electrons. The highest BCUT2D eigenvalue weighted by Gasteiger charge is 2.42. The van der Waals surface area contributed by atoms with E-state index in [1.165, 1.54) is 17.9 Å². The molecule has 1 saturated carbocycles. The molecular weight excluding hydrogens is 403 g/mol. The fourth-order valence-electron chi connectivity index (χ4n) is 5.11. The van der Waals surface area contributed by atoms with Crippen molar-refractivity contribution in [3.8, 4) is 0 Å². The minimum absolute atomic E-state index is 0.187. The fraction of sp³-hybridized carbons (Fsp3) is 0.524. The quantitative estimate of drug-likeness (QED) is 0.783. The lowest BCUT2D eigenvalue weighted by atomic mass is 10.0. The maximum absolute atomic E-state index is 15.0. The maximum atomic E-state index is 15.0. The Morgan fingerprint density at radius 2 is 2.03 bits per heavy atom. The Morgan fingerprint density at radius 3 is 2.68 bits per heavy atom. The van der Waals surface area contributed by atoms with Crippen molar-refractivity contribution in [2.24, 2.45) is 11.8 Å². The summed E-state index contributed by atoms with van der Waals surface area (Å²) in [6.45, 7) is 3.55. The number of hydrogen-bond acceptors (Lipinski definition) is 6. The van der Waals surface area contributed by atoms with Crippen molar-refractivity contribution in [1.29, 1.82) is 0 Å². The zero-order chi connectivity index (χ0) is 21.5. The summed E-state index contributed by atoms with van der Waals surface area (Å²) in [6, 6.07) is 5.27. The normalized spacial score (nSPS) is 27.5. The van der Waals surface area contributed by atoms with Crippen LogP contribution in [0.3, 0.4) is 0 Å². The Morgan fingerprint density at radius 1 is 1.26 bits per heavy atom. The number of aromatic nitrogens is 3. The zero-order valence-electron chi connectivity index (χ0n) is 17.3. The van der Waals surface area contributed by atoms with Gasteiger partial charge in [0.25, 0.3) is 0 Å². The SMILES string of the molecule is CC(=O)NC[C@H]1CN(c2ccc(N3C[C@H]4CC(n5ccnn5)C[C@H]4C3)c(F)c2)C(=O)O1. The van der Waals surface area contributed by atoms with E-state index in [0.29, 0.717) is 29.3 Å². The lowest BCUT2D eigenvalue weighted by Crippen LogP contribution is -2.33. The highest BCUT2D eigenvalue weighted by molar-refractivity contribution is 5.90. The van der Waals surface area contributed by atoms with Crippen LogP contribution in [0.5, 0.6) is 0 Å². The van der Waals surface area contributed by atoms with E-state index in [9.17, 15) is 9.59 Å². The van der Waals surface area contributed by atoms with Crippen LogP contribution < -0.4 is 15.1 Å². The van der Waals surface area contributed by atoms with Crippen LogP contribution in [0.1, 0.15) is 25.8 Å². The summed E-state index contributed by atoms with van der Waals surface area (Å²) in [5.74, 6) is 0.490. The van der Waals surface area contributed by atoms with Crippen LogP contribution in [0.15, 0.2) is 30.6 Å². The minimum Gasteiger partial charge on any atom is -0.442 e. The second kappa shape index (κ2) is 7.82. The average molecular weight is 428 g/mol. The largest absolute Gasteiger partial charge is 0.442 e. The van der Waals surface area contributed by atoms with Crippen LogP contribution in [0.4, 0.5) is 20.6 Å². The molecule has 2 saturated heterocycles. The number of carbonyl (C=O) groups is 2. The predicted octanol–water partition coefficient (Wildman–Crippen LogP) is 1.97. The van der Waals surface area contributed by atoms with Crippen LogP contribution in [-0.2, 0) is 9.53 Å². The van der Waals surface area contributed by atoms with E-state index in [2.05, 4.69) is 20.5 Å². The van der Waals surface area contributed by atoms with E-state index < -0.39 is 12.2 Å². The van der Waals surface area contributed by atoms with Crippen LogP contribution >= 0.6 is 0 Å². The summed E-state index contributed by atoms with van der Waals surface area (Å²) < 4.78 is 22.2. The van der Waals surface area contributed by atoms with E-state index >= 15 is 4.39 Å². The van der Waals surface area contributed by atoms with Gasteiger partial charge < -0.3 is 15.0 Å². The molecule has 1 unspecified atom stereocenters. The first-order chi connectivity index (χ1) is 15.0. The van der Waals surface area contributed by atoms with Crippen molar-refractivity contribution >= 4 is 23.4 Å². The second-order valence-electron chi connectivity index (χ2n) is 8.62. The number of halogens is 1. The van der Waals surface area contributed by atoms with Crippen molar-refractivity contribution in [3.63, 3.8) is 0 Å². The molecule has 0 radical (unpaired) electrons. The van der Waals surface area contributed by atoms with E-state index in [1.807, 2.05) is 10.9 Å². The molecule has 1 aliphatic carbocycles. The maximum Gasteiger partial charge on any atom is 0.414 e. The topological polar surface area (TPSA) is 92.6 Å². The monoisotopic (exact) mass is 428 g/mol. The molecule has 2 amide bonds. The number of nitrogens with zero attached hydrogens (tertiary/aromatic N) is 5. The Balaban J connectivity index is 1.23. The van der Waals surface area contributed by atoms with Crippen molar-refractivity contribution in [3.05, 3.63) is 36.4 Å². The molecule has 31 heavy (non-hydrogen) atoms. The highest BCUT2D eigenvalue weighted by Crippen LogP contribution is 2.45. The number of anilines is 2. The fourth-order valence-corrected chi connectivity index (χ4v) is 5.11. The molecule has 2 aliphatic heterocycles. The van der Waals surface area contributed by atoms with E-state index in [1.54, 1.807) is 18.3 Å². The van der Waals surface area contributed by atoms with Crippen LogP contribution in [0.2, 0.25) is 0 Å². The predicted molar refractivity (Wildman–Crippen MR) is 110 cm³/mol. The van der Waals surface area contributed by atoms with Gasteiger partial charge in [-0.15, -0.1) is 5.10 Å². The first kappa shape index (κ1) is 19.8. The van der Waals surface area contributed by atoms with Gasteiger partial charge in [0.2, 0.25) is 5.91 Å². The van der Waals surface area contributed by atoms with Gasteiger partial charge in [-0.25, -0.2) is 13.9 Å². The third-order valence-corrected chi connectivity index (χ3v) is 6.58. The molecule has 2 aromatic rings. The summed E-state index contributed by atoms with van der Waals surface area (Å²) in [4.78, 5) is 26.8. The lowest BCUT2D eigenvalue weighted by molar-refractivity contribution is -0.119. The van der Waals surface area contributed by atoms with Crippen molar-refractivity contribution in [1.82, 2.24) is 20.3 Å². The van der Waals surface area contributed by atoms with Crippen LogP contribution in [0, 0.1) is 17.7 Å². The Bertz CT molecular complexity index is 969. The van der Waals surface area contributed by atoms with Gasteiger partial charge in [0.15, 0.2) is 0 Å². The number of benzene rings is 1. The molecule has 3 aliphatic rings. The number of hydrogen-bond donors (Lipinski definition) is 1. The summed E-state index contributed by atoms with van der Waals surface area (Å²) in [6.07, 6.45) is 4.69. The first-order valence-corrected chi connectivity index (χ1v) is 10.6. The average Bonchev–Trinajstić information content (AvgIpc) is 3.49. The van der Waals surface area contributed by atoms with Gasteiger partial charge in [0, 0.05) is 26.2 Å². The Labute approximate surface area is 179 Å². The van der Waals surface area contributed by atoms with Gasteiger partial charge in [0.1, 0.15) is 11.9 Å². The number of carbonyl (C=O) groups excluding carboxylic acids is 2. The lowest BCUT2D eigenvalue weighted by Gasteiger charge is -2.23. The van der Waals surface area contributed by atoms with Gasteiger partial charge in [0.05, 0.1) is 36.7 Å². The molecule has 10 heteroatoms. The summed E-state index contributed by atoms with van der Waals surface area (Å²) in [5.41, 5.74) is 1.03. The van der Waals surface area contributed by atoms with E-state index in [-0.39, 0.29) is 24.8 Å². The molecule has 1 aromatic heterocycles. The smallest absolute Gasteiger partial charge is 0.414 e. The van der Waals surface area contributed by atoms with Gasteiger partial charge in [-0.05, 0) is 42.9 Å². The van der Waals surface area contributed by atoms with E-state index in [0.717, 1.165) is 25.9 Å². The summed E-state index contributed by atoms with van der Waals surface area (Å²) in [5, 5.41) is 10.7.